The Morgan fingerprint density at radius 2 is 0.720 bits per heavy atom. The van der Waals surface area contributed by atoms with Gasteiger partial charge in [-0.25, -0.2) is 0 Å². The number of hydrogen-bond donors (Lipinski definition) is 0. The smallest absolute Gasteiger partial charge is 0.306 e. The predicted octanol–water partition coefficient (Wildman–Crippen LogP) is 19.5. The fraction of sp³-hybridized carbons (Fsp3) is 0.846. The summed E-state index contributed by atoms with van der Waals surface area (Å²) in [6.07, 6.45) is 71.8. The van der Waals surface area contributed by atoms with Crippen molar-refractivity contribution in [3.8, 4) is 0 Å². The first-order valence-electron chi connectivity index (χ1n) is 31.8. The van der Waals surface area contributed by atoms with Crippen molar-refractivity contribution in [3.63, 3.8) is 0 Å². The second-order valence-electron chi connectivity index (χ2n) is 22.8. The van der Waals surface area contributed by atoms with Gasteiger partial charge in [0.05, 0.1) is 27.7 Å². The van der Waals surface area contributed by atoms with Gasteiger partial charge in [0, 0.05) is 12.8 Å². The molecule has 0 aliphatic carbocycles. The Balaban J connectivity index is 4.02. The van der Waals surface area contributed by atoms with Crippen molar-refractivity contribution in [2.75, 3.05) is 47.5 Å². The number of hydrogen-bond acceptors (Lipinski definition) is 8. The van der Waals surface area contributed by atoms with Gasteiger partial charge in [0.25, 0.3) is 7.82 Å². The molecule has 2 atom stereocenters. The maximum absolute atomic E-state index is 12.8. The molecule has 440 valence electrons. The van der Waals surface area contributed by atoms with Crippen molar-refractivity contribution in [3.05, 3.63) is 48.6 Å². The zero-order valence-corrected chi connectivity index (χ0v) is 50.9. The van der Waals surface area contributed by atoms with Crippen LogP contribution in [0.25, 0.3) is 0 Å². The summed E-state index contributed by atoms with van der Waals surface area (Å²) in [6.45, 7) is 4.24. The Labute approximate surface area is 464 Å². The number of likely N-dealkylation sites (N-methyl/N-ethyl adjacent to an activating group) is 1. The highest BCUT2D eigenvalue weighted by atomic mass is 31.2. The molecule has 0 radical (unpaired) electrons. The molecule has 0 aromatic heterocycles. The molecular weight excluding hydrogens is 954 g/mol. The minimum Gasteiger partial charge on any atom is -0.756 e. The van der Waals surface area contributed by atoms with Gasteiger partial charge in [-0.3, -0.25) is 14.2 Å². The second kappa shape index (κ2) is 56.7. The number of quaternary nitrogens is 1. The normalized spacial score (nSPS) is 13.5. The highest BCUT2D eigenvalue weighted by molar-refractivity contribution is 7.45. The molecule has 0 aliphatic rings. The van der Waals surface area contributed by atoms with Crippen LogP contribution in [-0.2, 0) is 32.7 Å². The third-order valence-electron chi connectivity index (χ3n) is 14.1. The van der Waals surface area contributed by atoms with Crippen LogP contribution in [0.1, 0.15) is 303 Å². The van der Waals surface area contributed by atoms with E-state index in [4.69, 9.17) is 18.5 Å². The first-order valence-corrected chi connectivity index (χ1v) is 33.3. The molecule has 0 aromatic rings. The zero-order valence-electron chi connectivity index (χ0n) is 50.0. The first-order chi connectivity index (χ1) is 36.5. The van der Waals surface area contributed by atoms with Crippen molar-refractivity contribution in [2.45, 2.75) is 309 Å². The molecule has 0 fully saturated rings. The number of carbonyl (C=O) groups excluding carboxylic acids is 2. The Kier molecular flexibility index (Phi) is 55.1. The molecule has 0 rings (SSSR count). The van der Waals surface area contributed by atoms with Crippen molar-refractivity contribution in [1.82, 2.24) is 0 Å². The number of rotatable bonds is 59. The van der Waals surface area contributed by atoms with E-state index in [-0.39, 0.29) is 32.0 Å². The fourth-order valence-corrected chi connectivity index (χ4v) is 9.86. The van der Waals surface area contributed by atoms with Crippen molar-refractivity contribution in [2.24, 2.45) is 0 Å². The SMILES string of the molecule is CCCCCC/C=C\C/C=C\CCCCCCCCCC(=O)OCC(COP(=O)([O-])OCC[N+](C)(C)C)OC(=O)CCCCCCCCCCCCCCCCCCCCCCC/C=C\C/C=C\CCCCCCC. The lowest BCUT2D eigenvalue weighted by Gasteiger charge is -2.28. The number of esters is 2. The highest BCUT2D eigenvalue weighted by Crippen LogP contribution is 2.38. The number of carbonyl (C=O) groups is 2. The summed E-state index contributed by atoms with van der Waals surface area (Å²) in [6, 6.07) is 0. The lowest BCUT2D eigenvalue weighted by atomic mass is 10.0. The molecule has 10 heteroatoms. The molecule has 0 saturated carbocycles. The number of phosphoric acid groups is 1. The quantitative estimate of drug-likeness (QED) is 0.0195. The van der Waals surface area contributed by atoms with E-state index >= 15 is 0 Å². The Hall–Kier alpha value is -2.03. The van der Waals surface area contributed by atoms with Crippen LogP contribution in [0.2, 0.25) is 0 Å². The molecule has 0 aromatic carbocycles. The monoisotopic (exact) mass is 1080 g/mol. The van der Waals surface area contributed by atoms with Gasteiger partial charge in [0.15, 0.2) is 6.10 Å². The number of unbranched alkanes of at least 4 members (excludes halogenated alkanes) is 37. The van der Waals surface area contributed by atoms with Crippen LogP contribution in [0.5, 0.6) is 0 Å². The minimum absolute atomic E-state index is 0.0313. The van der Waals surface area contributed by atoms with Crippen LogP contribution in [0.15, 0.2) is 48.6 Å². The maximum atomic E-state index is 12.8. The Morgan fingerprint density at radius 3 is 1.07 bits per heavy atom. The van der Waals surface area contributed by atoms with Gasteiger partial charge in [0.2, 0.25) is 0 Å². The second-order valence-corrected chi connectivity index (χ2v) is 24.2. The third-order valence-corrected chi connectivity index (χ3v) is 15.0. The van der Waals surface area contributed by atoms with Gasteiger partial charge in [-0.1, -0.05) is 262 Å². The summed E-state index contributed by atoms with van der Waals surface area (Å²) in [7, 11) is 1.17. The average Bonchev–Trinajstić information content (AvgIpc) is 3.37. The van der Waals surface area contributed by atoms with Crippen LogP contribution in [0.3, 0.4) is 0 Å². The maximum Gasteiger partial charge on any atom is 0.306 e. The molecule has 0 bridgehead atoms. The lowest BCUT2D eigenvalue weighted by Crippen LogP contribution is -2.37. The van der Waals surface area contributed by atoms with Crippen LogP contribution in [0.4, 0.5) is 0 Å². The largest absolute Gasteiger partial charge is 0.756 e. The van der Waals surface area contributed by atoms with Crippen molar-refractivity contribution < 1.29 is 42.1 Å². The zero-order chi connectivity index (χ0) is 54.9. The van der Waals surface area contributed by atoms with Gasteiger partial charge in [-0.2, -0.15) is 0 Å². The fourth-order valence-electron chi connectivity index (χ4n) is 9.13. The number of nitrogens with zero attached hydrogens (tertiary/aromatic N) is 1. The average molecular weight is 1080 g/mol. The summed E-state index contributed by atoms with van der Waals surface area (Å²) < 4.78 is 34.2. The molecule has 0 N–H and O–H groups in total. The van der Waals surface area contributed by atoms with Crippen LogP contribution in [-0.4, -0.2) is 70.0 Å². The van der Waals surface area contributed by atoms with E-state index in [2.05, 4.69) is 62.5 Å². The Morgan fingerprint density at radius 1 is 0.413 bits per heavy atom. The van der Waals surface area contributed by atoms with E-state index in [0.29, 0.717) is 17.4 Å². The molecule has 9 nitrogen and oxygen atoms in total. The Bertz CT molecular complexity index is 1410. The summed E-state index contributed by atoms with van der Waals surface area (Å²) in [5.74, 6) is -0.830. The molecular formula is C65H122NO8P. The molecule has 75 heavy (non-hydrogen) atoms. The number of ether oxygens (including phenoxy) is 2. The highest BCUT2D eigenvalue weighted by Gasteiger charge is 2.22. The summed E-state index contributed by atoms with van der Waals surface area (Å²) in [5, 5.41) is 0. The van der Waals surface area contributed by atoms with Gasteiger partial charge in [-0.05, 0) is 77.0 Å². The van der Waals surface area contributed by atoms with Crippen molar-refractivity contribution in [1.29, 1.82) is 0 Å². The van der Waals surface area contributed by atoms with E-state index in [0.717, 1.165) is 57.8 Å². The predicted molar refractivity (Wildman–Crippen MR) is 319 cm³/mol. The molecule has 0 aliphatic heterocycles. The molecule has 0 spiro atoms. The standard InChI is InChI=1S/C65H122NO8P/c1-6-8-10-12-14-16-18-20-22-24-26-27-28-29-30-31-32-33-34-35-36-37-38-39-40-42-44-46-48-50-52-54-56-58-65(68)74-63(62-73-75(69,70)72-60-59-66(3,4)5)61-71-64(67)57-55-53-51-49-47-45-43-41-25-23-21-19-17-15-13-11-9-7-2/h17-20,23-26,63H,6-16,21-22,27-62H2,1-5H3/b19-17-,20-18-,25-23-,26-24-. The van der Waals surface area contributed by atoms with Gasteiger partial charge >= 0.3 is 11.9 Å². The topological polar surface area (TPSA) is 111 Å². The van der Waals surface area contributed by atoms with E-state index in [9.17, 15) is 19.0 Å². The summed E-state index contributed by atoms with van der Waals surface area (Å²) in [5.41, 5.74) is 0. The lowest BCUT2D eigenvalue weighted by molar-refractivity contribution is -0.870. The number of phosphoric ester groups is 1. The van der Waals surface area contributed by atoms with Gasteiger partial charge in [-0.15, -0.1) is 0 Å². The van der Waals surface area contributed by atoms with Crippen LogP contribution in [0, 0.1) is 0 Å². The van der Waals surface area contributed by atoms with E-state index < -0.39 is 26.5 Å². The van der Waals surface area contributed by atoms with Gasteiger partial charge < -0.3 is 27.9 Å². The van der Waals surface area contributed by atoms with Crippen LogP contribution < -0.4 is 4.89 Å². The van der Waals surface area contributed by atoms with E-state index in [1.807, 2.05) is 21.1 Å². The van der Waals surface area contributed by atoms with Crippen LogP contribution >= 0.6 is 7.82 Å². The van der Waals surface area contributed by atoms with E-state index in [1.54, 1.807) is 0 Å². The van der Waals surface area contributed by atoms with E-state index in [1.165, 1.54) is 212 Å². The minimum atomic E-state index is -4.64. The van der Waals surface area contributed by atoms with Crippen molar-refractivity contribution >= 4 is 19.8 Å². The summed E-state index contributed by atoms with van der Waals surface area (Å²) in [4.78, 5) is 37.9. The number of allylic oxidation sites excluding steroid dienone is 8. The third kappa shape index (κ3) is 61.1. The molecule has 0 amide bonds. The summed E-state index contributed by atoms with van der Waals surface area (Å²) >= 11 is 0. The van der Waals surface area contributed by atoms with Gasteiger partial charge in [0.1, 0.15) is 19.8 Å². The molecule has 0 saturated heterocycles. The molecule has 2 unspecified atom stereocenters. The first kappa shape index (κ1) is 73.0. The molecule has 0 heterocycles.